The summed E-state index contributed by atoms with van der Waals surface area (Å²) in [6.45, 7) is 2.07. The maximum Gasteiger partial charge on any atom is 0.573 e. The van der Waals surface area contributed by atoms with Gasteiger partial charge in [-0.1, -0.05) is 42.8 Å². The zero-order valence-electron chi connectivity index (χ0n) is 19.4. The molecule has 0 aliphatic heterocycles. The Balaban J connectivity index is 1.39. The van der Waals surface area contributed by atoms with Crippen LogP contribution in [0, 0.1) is 29.4 Å². The van der Waals surface area contributed by atoms with E-state index in [2.05, 4.69) is 23.8 Å². The monoisotopic (exact) mass is 478 g/mol. The molecule has 2 aliphatic carbocycles. The molecular formula is C28H31F5O. The average molecular weight is 479 g/mol. The van der Waals surface area contributed by atoms with E-state index in [1.54, 1.807) is 12.1 Å². The van der Waals surface area contributed by atoms with Gasteiger partial charge in [-0.05, 0) is 104 Å². The molecule has 4 atom stereocenters. The molecule has 0 N–H and O–H groups in total. The van der Waals surface area contributed by atoms with Crippen molar-refractivity contribution in [2.45, 2.75) is 70.6 Å². The van der Waals surface area contributed by atoms with Crippen LogP contribution in [0.2, 0.25) is 0 Å². The first kappa shape index (κ1) is 24.7. The molecule has 1 nitrogen and oxygen atoms in total. The van der Waals surface area contributed by atoms with Gasteiger partial charge in [-0.25, -0.2) is 8.78 Å². The van der Waals surface area contributed by atoms with Gasteiger partial charge in [0, 0.05) is 0 Å². The lowest BCUT2D eigenvalue weighted by atomic mass is 9.63. The fraction of sp³-hybridized carbons (Fsp3) is 0.500. The summed E-state index contributed by atoms with van der Waals surface area (Å²) in [5, 5.41) is 0. The molecule has 0 heterocycles. The van der Waals surface area contributed by atoms with Gasteiger partial charge in [-0.2, -0.15) is 0 Å². The molecule has 0 radical (unpaired) electrons. The molecule has 2 fully saturated rings. The van der Waals surface area contributed by atoms with Gasteiger partial charge in [0.05, 0.1) is 0 Å². The van der Waals surface area contributed by atoms with Crippen LogP contribution in [0.5, 0.6) is 5.75 Å². The quantitative estimate of drug-likeness (QED) is 0.297. The number of fused-ring (bicyclic) bond motifs is 1. The standard InChI is InChI=1S/C28H31F5O/c1-2-3-4-5-18-6-7-23-15-22(13-12-21(23)14-18)19-8-10-20(11-9-19)24-16-25(29)27(26(30)17-24)34-28(31,32)33/h2-3,8-11,16-18,21-23H,4-7,12-15H2,1H3/b3-2+. The highest BCUT2D eigenvalue weighted by Gasteiger charge is 2.36. The van der Waals surface area contributed by atoms with E-state index >= 15 is 0 Å². The molecule has 184 valence electrons. The van der Waals surface area contributed by atoms with Crippen molar-refractivity contribution in [3.63, 3.8) is 0 Å². The SMILES string of the molecule is C/C=C/CCC1CCC2CC(c3ccc(-c4cc(F)c(OC(F)(F)F)c(F)c4)cc3)CCC2C1. The fourth-order valence-corrected chi connectivity index (χ4v) is 5.94. The lowest BCUT2D eigenvalue weighted by molar-refractivity contribution is -0.276. The van der Waals surface area contributed by atoms with E-state index in [9.17, 15) is 22.0 Å². The van der Waals surface area contributed by atoms with E-state index in [1.165, 1.54) is 50.5 Å². The van der Waals surface area contributed by atoms with Gasteiger partial charge in [0.2, 0.25) is 5.75 Å². The Morgan fingerprint density at radius 2 is 1.53 bits per heavy atom. The number of ether oxygens (including phenoxy) is 1. The molecule has 2 aromatic rings. The zero-order chi connectivity index (χ0) is 24.3. The number of halogens is 5. The van der Waals surface area contributed by atoms with E-state index in [-0.39, 0.29) is 5.56 Å². The number of allylic oxidation sites excluding steroid dienone is 2. The van der Waals surface area contributed by atoms with Crippen LogP contribution < -0.4 is 4.74 Å². The van der Waals surface area contributed by atoms with Gasteiger partial charge in [0.1, 0.15) is 0 Å². The van der Waals surface area contributed by atoms with Crippen molar-refractivity contribution in [1.29, 1.82) is 0 Å². The predicted octanol–water partition coefficient (Wildman–Crippen LogP) is 9.19. The molecule has 2 saturated carbocycles. The minimum Gasteiger partial charge on any atom is -0.399 e. The van der Waals surface area contributed by atoms with Crippen molar-refractivity contribution in [2.75, 3.05) is 0 Å². The molecule has 2 aliphatic rings. The lowest BCUT2D eigenvalue weighted by Gasteiger charge is -2.42. The van der Waals surface area contributed by atoms with Crippen molar-refractivity contribution in [3.8, 4) is 16.9 Å². The smallest absolute Gasteiger partial charge is 0.399 e. The van der Waals surface area contributed by atoms with Gasteiger partial charge in [-0.15, -0.1) is 13.2 Å². The summed E-state index contributed by atoms with van der Waals surface area (Å²) in [5.74, 6) is -1.27. The van der Waals surface area contributed by atoms with Gasteiger partial charge in [0.15, 0.2) is 11.6 Å². The molecule has 4 unspecified atom stereocenters. The Labute approximate surface area is 198 Å². The fourth-order valence-electron chi connectivity index (χ4n) is 5.94. The first-order chi connectivity index (χ1) is 16.2. The molecular weight excluding hydrogens is 447 g/mol. The summed E-state index contributed by atoms with van der Waals surface area (Å²) in [6.07, 6.45) is 9.24. The van der Waals surface area contributed by atoms with Gasteiger partial charge in [-0.3, -0.25) is 0 Å². The van der Waals surface area contributed by atoms with Crippen LogP contribution in [0.25, 0.3) is 11.1 Å². The van der Waals surface area contributed by atoms with Crippen molar-refractivity contribution < 1.29 is 26.7 Å². The maximum atomic E-state index is 14.1. The number of alkyl halides is 3. The zero-order valence-corrected chi connectivity index (χ0v) is 19.4. The molecule has 6 heteroatoms. The second-order valence-corrected chi connectivity index (χ2v) is 9.79. The number of benzene rings is 2. The van der Waals surface area contributed by atoms with Crippen molar-refractivity contribution in [1.82, 2.24) is 0 Å². The summed E-state index contributed by atoms with van der Waals surface area (Å²) in [6, 6.07) is 9.30. The maximum absolute atomic E-state index is 14.1. The molecule has 0 saturated heterocycles. The molecule has 0 bridgehead atoms. The van der Waals surface area contributed by atoms with Gasteiger partial charge >= 0.3 is 6.36 Å². The Bertz CT molecular complexity index is 972. The largest absolute Gasteiger partial charge is 0.573 e. The van der Waals surface area contributed by atoms with Gasteiger partial charge in [0.25, 0.3) is 0 Å². The van der Waals surface area contributed by atoms with Crippen LogP contribution in [-0.4, -0.2) is 6.36 Å². The van der Waals surface area contributed by atoms with E-state index in [4.69, 9.17) is 0 Å². The predicted molar refractivity (Wildman–Crippen MR) is 123 cm³/mol. The lowest BCUT2D eigenvalue weighted by Crippen LogP contribution is -2.30. The van der Waals surface area contributed by atoms with E-state index in [0.717, 1.165) is 36.3 Å². The molecule has 0 aromatic heterocycles. The van der Waals surface area contributed by atoms with Crippen LogP contribution in [0.15, 0.2) is 48.6 Å². The van der Waals surface area contributed by atoms with Crippen LogP contribution in [-0.2, 0) is 0 Å². The Hall–Kier alpha value is -2.37. The highest BCUT2D eigenvalue weighted by Crippen LogP contribution is 2.48. The van der Waals surface area contributed by atoms with Crippen LogP contribution >= 0.6 is 0 Å². The van der Waals surface area contributed by atoms with Crippen molar-refractivity contribution >= 4 is 0 Å². The van der Waals surface area contributed by atoms with Crippen molar-refractivity contribution in [2.24, 2.45) is 17.8 Å². The Morgan fingerprint density at radius 3 is 2.18 bits per heavy atom. The second kappa shape index (κ2) is 10.5. The van der Waals surface area contributed by atoms with Crippen LogP contribution in [0.3, 0.4) is 0 Å². The molecule has 4 rings (SSSR count). The minimum atomic E-state index is -5.16. The number of rotatable bonds is 6. The summed E-state index contributed by atoms with van der Waals surface area (Å²) in [5.41, 5.74) is 1.95. The minimum absolute atomic E-state index is 0.177. The highest BCUT2D eigenvalue weighted by atomic mass is 19.4. The normalized spacial score (nSPS) is 25.4. The molecule has 0 amide bonds. The molecule has 34 heavy (non-hydrogen) atoms. The third kappa shape index (κ3) is 6.00. The van der Waals surface area contributed by atoms with Crippen LogP contribution in [0.1, 0.15) is 69.8 Å². The average Bonchev–Trinajstić information content (AvgIpc) is 2.80. The number of hydrogen-bond donors (Lipinski definition) is 0. The van der Waals surface area contributed by atoms with Gasteiger partial charge < -0.3 is 4.74 Å². The summed E-state index contributed by atoms with van der Waals surface area (Å²) in [4.78, 5) is 0. The first-order valence-corrected chi connectivity index (χ1v) is 12.2. The van der Waals surface area contributed by atoms with E-state index in [0.29, 0.717) is 11.5 Å². The highest BCUT2D eigenvalue weighted by molar-refractivity contribution is 5.65. The number of hydrogen-bond acceptors (Lipinski definition) is 1. The molecule has 2 aromatic carbocycles. The third-order valence-corrected chi connectivity index (χ3v) is 7.63. The van der Waals surface area contributed by atoms with E-state index < -0.39 is 23.7 Å². The second-order valence-electron chi connectivity index (χ2n) is 9.79. The van der Waals surface area contributed by atoms with Crippen molar-refractivity contribution in [3.05, 3.63) is 65.7 Å². The van der Waals surface area contributed by atoms with Crippen LogP contribution in [0.4, 0.5) is 22.0 Å². The summed E-state index contributed by atoms with van der Waals surface area (Å²) in [7, 11) is 0. The van der Waals surface area contributed by atoms with E-state index in [1.807, 2.05) is 12.1 Å². The summed E-state index contributed by atoms with van der Waals surface area (Å²) < 4.78 is 68.8. The first-order valence-electron chi connectivity index (χ1n) is 12.2. The Morgan fingerprint density at radius 1 is 0.882 bits per heavy atom. The topological polar surface area (TPSA) is 9.23 Å². The Kier molecular flexibility index (Phi) is 7.63. The third-order valence-electron chi connectivity index (χ3n) is 7.63. The molecule has 0 spiro atoms. The summed E-state index contributed by atoms with van der Waals surface area (Å²) >= 11 is 0.